The van der Waals surface area contributed by atoms with Gasteiger partial charge in [-0.05, 0) is 31.9 Å². The quantitative estimate of drug-likeness (QED) is 0.859. The molecule has 2 aliphatic rings. The maximum Gasteiger partial charge on any atom is 0.0570 e. The molecule has 0 bridgehead atoms. The second-order valence-electron chi connectivity index (χ2n) is 5.64. The highest BCUT2D eigenvalue weighted by Gasteiger charge is 2.33. The van der Waals surface area contributed by atoms with Crippen molar-refractivity contribution in [2.24, 2.45) is 0 Å². The molecule has 0 aromatic heterocycles. The summed E-state index contributed by atoms with van der Waals surface area (Å²) in [6.07, 6.45) is 1.92. The van der Waals surface area contributed by atoms with E-state index in [0.717, 1.165) is 39.0 Å². The van der Waals surface area contributed by atoms with Crippen LogP contribution in [0.15, 0.2) is 24.3 Å². The van der Waals surface area contributed by atoms with Crippen LogP contribution in [0.25, 0.3) is 0 Å². The lowest BCUT2D eigenvalue weighted by Crippen LogP contribution is -2.55. The average molecular weight is 246 g/mol. The predicted octanol–water partition coefficient (Wildman–Crippen LogP) is 1.64. The van der Waals surface area contributed by atoms with Gasteiger partial charge in [0.1, 0.15) is 0 Å². The molecule has 0 spiro atoms. The van der Waals surface area contributed by atoms with Crippen molar-refractivity contribution in [3.8, 4) is 0 Å². The van der Waals surface area contributed by atoms with E-state index in [0.29, 0.717) is 6.04 Å². The highest BCUT2D eigenvalue weighted by Crippen LogP contribution is 2.27. The van der Waals surface area contributed by atoms with Crippen LogP contribution >= 0.6 is 0 Å². The van der Waals surface area contributed by atoms with Crippen LogP contribution in [0.4, 0.5) is 5.69 Å². The molecule has 1 aliphatic carbocycles. The molecule has 1 heterocycles. The number of anilines is 1. The Hall–Kier alpha value is -1.06. The molecular formula is C15H22N2O. The van der Waals surface area contributed by atoms with Gasteiger partial charge in [0.2, 0.25) is 0 Å². The molecule has 0 radical (unpaired) electrons. The van der Waals surface area contributed by atoms with Gasteiger partial charge < -0.3 is 10.0 Å². The van der Waals surface area contributed by atoms with Crippen molar-refractivity contribution in [1.82, 2.24) is 4.90 Å². The monoisotopic (exact) mass is 246 g/mol. The zero-order chi connectivity index (χ0) is 12.5. The summed E-state index contributed by atoms with van der Waals surface area (Å²) in [4.78, 5) is 5.00. The smallest absolute Gasteiger partial charge is 0.0570 e. The average Bonchev–Trinajstić information content (AvgIpc) is 2.36. The third-order valence-corrected chi connectivity index (χ3v) is 4.32. The Kier molecular flexibility index (Phi) is 3.27. The molecule has 1 N–H and O–H groups in total. The van der Waals surface area contributed by atoms with Gasteiger partial charge in [-0.2, -0.15) is 0 Å². The van der Waals surface area contributed by atoms with Crippen LogP contribution in [0.5, 0.6) is 0 Å². The summed E-state index contributed by atoms with van der Waals surface area (Å²) in [6.45, 7) is 6.60. The topological polar surface area (TPSA) is 26.7 Å². The van der Waals surface area contributed by atoms with Crippen molar-refractivity contribution in [3.63, 3.8) is 0 Å². The van der Waals surface area contributed by atoms with E-state index in [1.807, 2.05) is 0 Å². The van der Waals surface area contributed by atoms with E-state index >= 15 is 0 Å². The first-order valence-corrected chi connectivity index (χ1v) is 6.96. The number of nitrogens with zero attached hydrogens (tertiary/aromatic N) is 2. The molecule has 98 valence electrons. The first-order chi connectivity index (χ1) is 8.72. The van der Waals surface area contributed by atoms with Gasteiger partial charge >= 0.3 is 0 Å². The van der Waals surface area contributed by atoms with Gasteiger partial charge in [0.05, 0.1) is 6.10 Å². The molecule has 18 heavy (non-hydrogen) atoms. The maximum atomic E-state index is 9.37. The third kappa shape index (κ3) is 2.38. The highest BCUT2D eigenvalue weighted by molar-refractivity contribution is 5.47. The fourth-order valence-electron chi connectivity index (χ4n) is 2.96. The second kappa shape index (κ2) is 4.90. The predicted molar refractivity (Wildman–Crippen MR) is 74.0 cm³/mol. The number of benzene rings is 1. The Balaban J connectivity index is 1.55. The highest BCUT2D eigenvalue weighted by atomic mass is 16.3. The van der Waals surface area contributed by atoms with Crippen molar-refractivity contribution in [2.75, 3.05) is 31.1 Å². The van der Waals surface area contributed by atoms with Crippen molar-refractivity contribution in [1.29, 1.82) is 0 Å². The molecule has 1 saturated carbocycles. The molecule has 1 aromatic rings. The van der Waals surface area contributed by atoms with Crippen LogP contribution in [0.3, 0.4) is 0 Å². The molecule has 2 fully saturated rings. The summed E-state index contributed by atoms with van der Waals surface area (Å²) < 4.78 is 0. The van der Waals surface area contributed by atoms with E-state index < -0.39 is 0 Å². The number of aliphatic hydroxyl groups is 1. The molecular weight excluding hydrogens is 224 g/mol. The van der Waals surface area contributed by atoms with Gasteiger partial charge in [-0.15, -0.1) is 0 Å². The molecule has 1 aromatic carbocycles. The van der Waals surface area contributed by atoms with Gasteiger partial charge in [-0.3, -0.25) is 4.90 Å². The van der Waals surface area contributed by atoms with E-state index in [1.165, 1.54) is 11.3 Å². The minimum Gasteiger partial charge on any atom is -0.393 e. The Morgan fingerprint density at radius 3 is 2.17 bits per heavy atom. The molecule has 3 nitrogen and oxygen atoms in total. The van der Waals surface area contributed by atoms with Crippen molar-refractivity contribution in [3.05, 3.63) is 29.8 Å². The largest absolute Gasteiger partial charge is 0.393 e. The van der Waals surface area contributed by atoms with E-state index in [2.05, 4.69) is 41.0 Å². The minimum absolute atomic E-state index is 0.0369. The summed E-state index contributed by atoms with van der Waals surface area (Å²) >= 11 is 0. The summed E-state index contributed by atoms with van der Waals surface area (Å²) in [5.74, 6) is 0. The Bertz CT molecular complexity index is 389. The normalized spacial score (nSPS) is 29.1. The second-order valence-corrected chi connectivity index (χ2v) is 5.64. The Morgan fingerprint density at radius 2 is 1.61 bits per heavy atom. The SMILES string of the molecule is Cc1ccc(N2CCN(C3CC(O)C3)CC2)cc1. The van der Waals surface area contributed by atoms with E-state index in [1.54, 1.807) is 0 Å². The lowest BCUT2D eigenvalue weighted by Gasteiger charge is -2.45. The van der Waals surface area contributed by atoms with Crippen LogP contribution in [-0.4, -0.2) is 48.3 Å². The van der Waals surface area contributed by atoms with Crippen LogP contribution < -0.4 is 4.90 Å². The van der Waals surface area contributed by atoms with Gasteiger partial charge in [0.15, 0.2) is 0 Å². The lowest BCUT2D eigenvalue weighted by molar-refractivity contribution is -0.000360. The van der Waals surface area contributed by atoms with Crippen molar-refractivity contribution in [2.45, 2.75) is 31.9 Å². The van der Waals surface area contributed by atoms with E-state index in [-0.39, 0.29) is 6.10 Å². The first-order valence-electron chi connectivity index (χ1n) is 6.96. The molecule has 0 unspecified atom stereocenters. The molecule has 1 saturated heterocycles. The number of hydrogen-bond donors (Lipinski definition) is 1. The third-order valence-electron chi connectivity index (χ3n) is 4.32. The fourth-order valence-corrected chi connectivity index (χ4v) is 2.96. The lowest BCUT2D eigenvalue weighted by atomic mass is 9.87. The van der Waals surface area contributed by atoms with E-state index in [9.17, 15) is 5.11 Å². The van der Waals surface area contributed by atoms with Gasteiger partial charge in [0, 0.05) is 37.9 Å². The van der Waals surface area contributed by atoms with Gasteiger partial charge in [-0.25, -0.2) is 0 Å². The molecule has 3 heteroatoms. The minimum atomic E-state index is -0.0369. The fraction of sp³-hybridized carbons (Fsp3) is 0.600. The van der Waals surface area contributed by atoms with Gasteiger partial charge in [-0.1, -0.05) is 17.7 Å². The van der Waals surface area contributed by atoms with Crippen LogP contribution in [0, 0.1) is 6.92 Å². The summed E-state index contributed by atoms with van der Waals surface area (Å²) in [5.41, 5.74) is 2.66. The molecule has 0 amide bonds. The standard InChI is InChI=1S/C15H22N2O/c1-12-2-4-13(5-3-12)16-6-8-17(9-7-16)14-10-15(18)11-14/h2-5,14-15,18H,6-11H2,1H3. The number of hydrogen-bond acceptors (Lipinski definition) is 3. The number of rotatable bonds is 2. The maximum absolute atomic E-state index is 9.37. The number of aryl methyl sites for hydroxylation is 1. The first kappa shape index (κ1) is 12.0. The summed E-state index contributed by atoms with van der Waals surface area (Å²) in [7, 11) is 0. The zero-order valence-electron chi connectivity index (χ0n) is 11.0. The van der Waals surface area contributed by atoms with Gasteiger partial charge in [0.25, 0.3) is 0 Å². The zero-order valence-corrected chi connectivity index (χ0v) is 11.0. The van der Waals surface area contributed by atoms with Crippen LogP contribution in [0.1, 0.15) is 18.4 Å². The Morgan fingerprint density at radius 1 is 1.00 bits per heavy atom. The van der Waals surface area contributed by atoms with Crippen molar-refractivity contribution >= 4 is 5.69 Å². The number of aliphatic hydroxyl groups excluding tert-OH is 1. The molecule has 0 atom stereocenters. The van der Waals surface area contributed by atoms with Crippen molar-refractivity contribution < 1.29 is 5.11 Å². The Labute approximate surface area is 109 Å². The summed E-state index contributed by atoms with van der Waals surface area (Å²) in [5, 5.41) is 9.37. The molecule has 1 aliphatic heterocycles. The van der Waals surface area contributed by atoms with Crippen LogP contribution in [-0.2, 0) is 0 Å². The van der Waals surface area contributed by atoms with Crippen LogP contribution in [0.2, 0.25) is 0 Å². The molecule has 3 rings (SSSR count). The van der Waals surface area contributed by atoms with E-state index in [4.69, 9.17) is 0 Å². The number of piperazine rings is 1. The summed E-state index contributed by atoms with van der Waals surface area (Å²) in [6, 6.07) is 9.45.